The Morgan fingerprint density at radius 2 is 1.90 bits per heavy atom. The van der Waals surface area contributed by atoms with Gasteiger partial charge in [0.05, 0.1) is 19.1 Å². The molecule has 0 aliphatic heterocycles. The van der Waals surface area contributed by atoms with Crippen LogP contribution in [0.25, 0.3) is 0 Å². The van der Waals surface area contributed by atoms with Gasteiger partial charge in [0.15, 0.2) is 0 Å². The van der Waals surface area contributed by atoms with Gasteiger partial charge in [-0.2, -0.15) is 13.2 Å². The van der Waals surface area contributed by atoms with Crippen molar-refractivity contribution < 1.29 is 27.9 Å². The molecule has 20 heavy (non-hydrogen) atoms. The van der Waals surface area contributed by atoms with Crippen molar-refractivity contribution in [2.24, 2.45) is 0 Å². The second-order valence-corrected chi connectivity index (χ2v) is 5.08. The van der Waals surface area contributed by atoms with Crippen LogP contribution in [0.3, 0.4) is 0 Å². The number of alkyl halides is 3. The number of carbonyl (C=O) groups excluding carboxylic acids is 1. The van der Waals surface area contributed by atoms with Crippen LogP contribution in [0.4, 0.5) is 13.2 Å². The lowest BCUT2D eigenvalue weighted by atomic mass is 10.2. The fourth-order valence-corrected chi connectivity index (χ4v) is 2.29. The molecule has 116 valence electrons. The lowest BCUT2D eigenvalue weighted by Gasteiger charge is -2.28. The number of nitrogens with zero attached hydrogens (tertiary/aromatic N) is 1. The summed E-state index contributed by atoms with van der Waals surface area (Å²) in [4.78, 5) is 23.1. The summed E-state index contributed by atoms with van der Waals surface area (Å²) in [6.07, 6.45) is -0.938. The molecule has 1 unspecified atom stereocenters. The normalized spacial score (nSPS) is 18.2. The van der Waals surface area contributed by atoms with Crippen LogP contribution in [-0.2, 0) is 9.59 Å². The Balaban J connectivity index is 2.62. The van der Waals surface area contributed by atoms with Gasteiger partial charge in [-0.25, -0.2) is 0 Å². The molecule has 0 heterocycles. The molecule has 1 atom stereocenters. The Kier molecular flexibility index (Phi) is 5.79. The van der Waals surface area contributed by atoms with Gasteiger partial charge in [-0.05, 0) is 19.8 Å². The van der Waals surface area contributed by atoms with Crippen molar-refractivity contribution in [3.8, 4) is 0 Å². The van der Waals surface area contributed by atoms with Crippen molar-refractivity contribution in [3.63, 3.8) is 0 Å². The highest BCUT2D eigenvalue weighted by atomic mass is 19.4. The number of aliphatic carboxylic acids is 1. The molecule has 1 saturated carbocycles. The van der Waals surface area contributed by atoms with Crippen molar-refractivity contribution >= 4 is 11.9 Å². The molecule has 5 nitrogen and oxygen atoms in total. The van der Waals surface area contributed by atoms with E-state index >= 15 is 0 Å². The molecular weight excluding hydrogens is 277 g/mol. The maximum absolute atomic E-state index is 12.4. The largest absolute Gasteiger partial charge is 0.480 e. The van der Waals surface area contributed by atoms with Crippen LogP contribution in [-0.4, -0.2) is 53.2 Å². The number of hydrogen-bond acceptors (Lipinski definition) is 3. The first-order chi connectivity index (χ1) is 9.19. The second kappa shape index (κ2) is 6.92. The van der Waals surface area contributed by atoms with Crippen molar-refractivity contribution in [1.29, 1.82) is 0 Å². The third-order valence-electron chi connectivity index (χ3n) is 3.35. The first-order valence-corrected chi connectivity index (χ1v) is 6.52. The lowest BCUT2D eigenvalue weighted by molar-refractivity contribution is -0.160. The zero-order chi connectivity index (χ0) is 15.3. The van der Waals surface area contributed by atoms with Crippen LogP contribution in [0.15, 0.2) is 0 Å². The second-order valence-electron chi connectivity index (χ2n) is 5.08. The first-order valence-electron chi connectivity index (χ1n) is 6.52. The highest BCUT2D eigenvalue weighted by molar-refractivity contribution is 5.82. The topological polar surface area (TPSA) is 69.6 Å². The molecule has 2 N–H and O–H groups in total. The lowest BCUT2D eigenvalue weighted by Crippen LogP contribution is -2.51. The van der Waals surface area contributed by atoms with Gasteiger partial charge in [0.1, 0.15) is 0 Å². The van der Waals surface area contributed by atoms with E-state index in [0.717, 1.165) is 25.7 Å². The predicted octanol–water partition coefficient (Wildman–Crippen LogP) is 1.38. The molecule has 1 rings (SSSR count). The van der Waals surface area contributed by atoms with E-state index in [1.807, 2.05) is 0 Å². The number of halogens is 3. The third kappa shape index (κ3) is 5.77. The number of nitrogens with one attached hydrogen (secondary N) is 1. The van der Waals surface area contributed by atoms with Crippen LogP contribution in [0.2, 0.25) is 0 Å². The van der Waals surface area contributed by atoms with E-state index in [-0.39, 0.29) is 6.04 Å². The van der Waals surface area contributed by atoms with E-state index in [2.05, 4.69) is 5.32 Å². The Bertz CT molecular complexity index is 354. The summed E-state index contributed by atoms with van der Waals surface area (Å²) in [5.74, 6) is -1.95. The molecule has 0 radical (unpaired) electrons. The summed E-state index contributed by atoms with van der Waals surface area (Å²) in [6, 6.07) is -1.14. The van der Waals surface area contributed by atoms with E-state index in [4.69, 9.17) is 5.11 Å². The average Bonchev–Trinajstić information content (AvgIpc) is 2.77. The van der Waals surface area contributed by atoms with Gasteiger partial charge in [0.25, 0.3) is 0 Å². The molecule has 1 aliphatic carbocycles. The predicted molar refractivity (Wildman–Crippen MR) is 65.1 cm³/mol. The Hall–Kier alpha value is -1.31. The number of carbonyl (C=O) groups is 2. The number of carboxylic acids is 1. The number of hydrogen-bond donors (Lipinski definition) is 2. The van der Waals surface area contributed by atoms with Crippen molar-refractivity contribution in [3.05, 3.63) is 0 Å². The van der Waals surface area contributed by atoms with Crippen molar-refractivity contribution in [2.75, 3.05) is 13.1 Å². The van der Waals surface area contributed by atoms with E-state index in [9.17, 15) is 22.8 Å². The number of amides is 1. The molecule has 0 aromatic rings. The summed E-state index contributed by atoms with van der Waals surface area (Å²) in [6.45, 7) is -0.948. The number of rotatable bonds is 6. The maximum atomic E-state index is 12.4. The minimum Gasteiger partial charge on any atom is -0.480 e. The van der Waals surface area contributed by atoms with Crippen LogP contribution < -0.4 is 5.32 Å². The fraction of sp³-hybridized carbons (Fsp3) is 0.833. The van der Waals surface area contributed by atoms with Gasteiger partial charge in [-0.1, -0.05) is 12.8 Å². The van der Waals surface area contributed by atoms with Crippen molar-refractivity contribution in [2.45, 2.75) is 50.9 Å². The van der Waals surface area contributed by atoms with Gasteiger partial charge in [-0.3, -0.25) is 14.5 Å². The first kappa shape index (κ1) is 16.7. The summed E-state index contributed by atoms with van der Waals surface area (Å²) < 4.78 is 37.3. The van der Waals surface area contributed by atoms with Crippen LogP contribution in [0.5, 0.6) is 0 Å². The molecule has 1 amide bonds. The molecule has 1 aliphatic rings. The fourth-order valence-electron chi connectivity index (χ4n) is 2.29. The van der Waals surface area contributed by atoms with E-state index < -0.39 is 37.2 Å². The van der Waals surface area contributed by atoms with Crippen LogP contribution >= 0.6 is 0 Å². The van der Waals surface area contributed by atoms with Gasteiger partial charge in [0.2, 0.25) is 5.91 Å². The maximum Gasteiger partial charge on any atom is 0.401 e. The summed E-state index contributed by atoms with van der Waals surface area (Å²) in [5.41, 5.74) is 0. The van der Waals surface area contributed by atoms with Crippen LogP contribution in [0.1, 0.15) is 32.6 Å². The van der Waals surface area contributed by atoms with Crippen LogP contribution in [0, 0.1) is 0 Å². The summed E-state index contributed by atoms with van der Waals surface area (Å²) in [5, 5.41) is 11.3. The zero-order valence-electron chi connectivity index (χ0n) is 11.2. The molecule has 8 heteroatoms. The smallest absolute Gasteiger partial charge is 0.401 e. The monoisotopic (exact) mass is 296 g/mol. The summed E-state index contributed by atoms with van der Waals surface area (Å²) >= 11 is 0. The molecule has 0 aromatic heterocycles. The Labute approximate surface area is 115 Å². The highest BCUT2D eigenvalue weighted by Gasteiger charge is 2.36. The minimum absolute atomic E-state index is 0.0116. The molecule has 0 spiro atoms. The SMILES string of the molecule is CC(C(=O)NC1CCCC1)N(CC(=O)O)CC(F)(F)F. The van der Waals surface area contributed by atoms with Gasteiger partial charge < -0.3 is 10.4 Å². The standard InChI is InChI=1S/C12H19F3N2O3/c1-8(11(20)16-9-4-2-3-5-9)17(6-10(18)19)7-12(13,14)15/h8-9H,2-7H2,1H3,(H,16,20)(H,18,19). The Morgan fingerprint density at radius 1 is 1.35 bits per heavy atom. The van der Waals surface area contributed by atoms with Gasteiger partial charge >= 0.3 is 12.1 Å². The molecule has 0 aromatic carbocycles. The zero-order valence-corrected chi connectivity index (χ0v) is 11.2. The molecule has 0 saturated heterocycles. The molecule has 0 bridgehead atoms. The molecule has 1 fully saturated rings. The number of carboxylic acid groups (broad SMARTS) is 1. The molecular formula is C12H19F3N2O3. The summed E-state index contributed by atoms with van der Waals surface area (Å²) in [7, 11) is 0. The van der Waals surface area contributed by atoms with E-state index in [1.165, 1.54) is 6.92 Å². The van der Waals surface area contributed by atoms with E-state index in [1.54, 1.807) is 0 Å². The average molecular weight is 296 g/mol. The van der Waals surface area contributed by atoms with Gasteiger partial charge in [-0.15, -0.1) is 0 Å². The third-order valence-corrected chi connectivity index (χ3v) is 3.35. The Morgan fingerprint density at radius 3 is 2.35 bits per heavy atom. The van der Waals surface area contributed by atoms with Gasteiger partial charge in [0, 0.05) is 6.04 Å². The minimum atomic E-state index is -4.54. The highest BCUT2D eigenvalue weighted by Crippen LogP contribution is 2.20. The van der Waals surface area contributed by atoms with E-state index in [0.29, 0.717) is 4.90 Å². The van der Waals surface area contributed by atoms with Crippen molar-refractivity contribution in [1.82, 2.24) is 10.2 Å². The quantitative estimate of drug-likeness (QED) is 0.777.